The van der Waals surface area contributed by atoms with Crippen molar-refractivity contribution in [3.63, 3.8) is 0 Å². The van der Waals surface area contributed by atoms with Crippen LogP contribution in [-0.2, 0) is 13.0 Å². The molecule has 1 aliphatic heterocycles. The number of anilines is 2. The molecule has 0 unspecified atom stereocenters. The highest BCUT2D eigenvalue weighted by atomic mass is 15.2. The lowest BCUT2D eigenvalue weighted by Gasteiger charge is -2.34. The van der Waals surface area contributed by atoms with Crippen LogP contribution in [0.2, 0.25) is 0 Å². The molecule has 0 aliphatic carbocycles. The Morgan fingerprint density at radius 3 is 2.48 bits per heavy atom. The van der Waals surface area contributed by atoms with E-state index in [9.17, 15) is 0 Å². The largest absolute Gasteiger partial charge is 0.378 e. The first-order chi connectivity index (χ1) is 15.3. The molecule has 5 rings (SSSR count). The molecular weight excluding hydrogens is 382 g/mol. The van der Waals surface area contributed by atoms with Crippen LogP contribution in [0.3, 0.4) is 0 Å². The van der Waals surface area contributed by atoms with Gasteiger partial charge in [-0.15, -0.1) is 0 Å². The van der Waals surface area contributed by atoms with Crippen LogP contribution in [0.1, 0.15) is 24.0 Å². The van der Waals surface area contributed by atoms with Crippen LogP contribution in [-0.4, -0.2) is 28.0 Å². The zero-order valence-electron chi connectivity index (χ0n) is 17.6. The van der Waals surface area contributed by atoms with Gasteiger partial charge in [0.1, 0.15) is 0 Å². The molecule has 1 saturated heterocycles. The lowest BCUT2D eigenvalue weighted by atomic mass is 9.90. The van der Waals surface area contributed by atoms with Gasteiger partial charge in [-0.25, -0.2) is 0 Å². The SMILES string of the molecule is c1ccc(CC2CCN(c3ccncc3NCc3ccc4nccnc4c3)CC2)cc1. The van der Waals surface area contributed by atoms with Gasteiger partial charge in [0.15, 0.2) is 0 Å². The van der Waals surface area contributed by atoms with Gasteiger partial charge in [0.05, 0.1) is 28.6 Å². The number of piperidine rings is 1. The lowest BCUT2D eigenvalue weighted by molar-refractivity contribution is 0.404. The summed E-state index contributed by atoms with van der Waals surface area (Å²) >= 11 is 0. The average molecular weight is 410 g/mol. The van der Waals surface area contributed by atoms with Crippen molar-refractivity contribution >= 4 is 22.4 Å². The van der Waals surface area contributed by atoms with E-state index in [0.29, 0.717) is 0 Å². The van der Waals surface area contributed by atoms with Gasteiger partial charge < -0.3 is 10.2 Å². The molecule has 5 nitrogen and oxygen atoms in total. The van der Waals surface area contributed by atoms with Gasteiger partial charge >= 0.3 is 0 Å². The van der Waals surface area contributed by atoms with Gasteiger partial charge in [-0.05, 0) is 54.5 Å². The second-order valence-electron chi connectivity index (χ2n) is 8.25. The summed E-state index contributed by atoms with van der Waals surface area (Å²) < 4.78 is 0. The summed E-state index contributed by atoms with van der Waals surface area (Å²) in [5, 5.41) is 3.59. The number of nitrogens with one attached hydrogen (secondary N) is 1. The number of rotatable bonds is 6. The summed E-state index contributed by atoms with van der Waals surface area (Å²) in [7, 11) is 0. The summed E-state index contributed by atoms with van der Waals surface area (Å²) in [6.45, 7) is 2.90. The number of aromatic nitrogens is 3. The molecule has 0 radical (unpaired) electrons. The summed E-state index contributed by atoms with van der Waals surface area (Å²) in [5.74, 6) is 0.760. The maximum atomic E-state index is 4.41. The van der Waals surface area contributed by atoms with E-state index in [-0.39, 0.29) is 0 Å². The second kappa shape index (κ2) is 9.13. The van der Waals surface area contributed by atoms with Crippen molar-refractivity contribution in [3.8, 4) is 0 Å². The first-order valence-corrected chi connectivity index (χ1v) is 11.0. The topological polar surface area (TPSA) is 53.9 Å². The van der Waals surface area contributed by atoms with Gasteiger partial charge in [0.25, 0.3) is 0 Å². The van der Waals surface area contributed by atoms with Crippen LogP contribution in [0.5, 0.6) is 0 Å². The van der Waals surface area contributed by atoms with Crippen molar-refractivity contribution in [2.24, 2.45) is 5.92 Å². The van der Waals surface area contributed by atoms with Crippen molar-refractivity contribution in [1.29, 1.82) is 0 Å². The third-order valence-electron chi connectivity index (χ3n) is 6.14. The Labute approximate surface area is 183 Å². The fourth-order valence-electron chi connectivity index (χ4n) is 4.44. The zero-order chi connectivity index (χ0) is 20.9. The molecule has 31 heavy (non-hydrogen) atoms. The highest BCUT2D eigenvalue weighted by Crippen LogP contribution is 2.30. The van der Waals surface area contributed by atoms with Crippen LogP contribution >= 0.6 is 0 Å². The normalized spacial score (nSPS) is 14.6. The van der Waals surface area contributed by atoms with Crippen molar-refractivity contribution in [1.82, 2.24) is 15.0 Å². The Hall–Kier alpha value is -3.47. The van der Waals surface area contributed by atoms with Crippen molar-refractivity contribution in [2.75, 3.05) is 23.3 Å². The van der Waals surface area contributed by atoms with E-state index in [1.807, 2.05) is 18.5 Å². The van der Waals surface area contributed by atoms with E-state index in [1.54, 1.807) is 12.4 Å². The molecule has 0 saturated carbocycles. The van der Waals surface area contributed by atoms with E-state index in [1.165, 1.54) is 36.1 Å². The molecule has 2 aromatic heterocycles. The first-order valence-electron chi connectivity index (χ1n) is 11.0. The maximum Gasteiger partial charge on any atom is 0.0890 e. The molecule has 2 aromatic carbocycles. The maximum absolute atomic E-state index is 4.41. The number of hydrogen-bond acceptors (Lipinski definition) is 5. The summed E-state index contributed by atoms with van der Waals surface area (Å²) in [6, 6.07) is 19.2. The average Bonchev–Trinajstić information content (AvgIpc) is 2.84. The monoisotopic (exact) mass is 409 g/mol. The second-order valence-corrected chi connectivity index (χ2v) is 8.25. The molecule has 0 bridgehead atoms. The summed E-state index contributed by atoms with van der Waals surface area (Å²) in [4.78, 5) is 15.6. The highest BCUT2D eigenvalue weighted by Gasteiger charge is 2.21. The molecule has 1 fully saturated rings. The van der Waals surface area contributed by atoms with Crippen LogP contribution in [0.4, 0.5) is 11.4 Å². The molecule has 0 atom stereocenters. The van der Waals surface area contributed by atoms with E-state index >= 15 is 0 Å². The van der Waals surface area contributed by atoms with Gasteiger partial charge in [-0.1, -0.05) is 36.4 Å². The Bertz CT molecular complexity index is 1140. The molecule has 3 heterocycles. The van der Waals surface area contributed by atoms with Crippen LogP contribution in [0.25, 0.3) is 11.0 Å². The van der Waals surface area contributed by atoms with E-state index < -0.39 is 0 Å². The predicted molar refractivity (Wildman–Crippen MR) is 126 cm³/mol. The van der Waals surface area contributed by atoms with E-state index in [4.69, 9.17) is 0 Å². The Morgan fingerprint density at radius 2 is 1.65 bits per heavy atom. The van der Waals surface area contributed by atoms with E-state index in [2.05, 4.69) is 73.7 Å². The highest BCUT2D eigenvalue weighted by molar-refractivity contribution is 5.75. The zero-order valence-corrected chi connectivity index (χ0v) is 17.6. The van der Waals surface area contributed by atoms with Crippen LogP contribution in [0, 0.1) is 5.92 Å². The first kappa shape index (κ1) is 19.5. The third kappa shape index (κ3) is 4.66. The van der Waals surface area contributed by atoms with Gasteiger partial charge in [-0.2, -0.15) is 0 Å². The lowest BCUT2D eigenvalue weighted by Crippen LogP contribution is -2.34. The molecule has 0 spiro atoms. The van der Waals surface area contributed by atoms with Crippen molar-refractivity contribution in [3.05, 3.63) is 90.5 Å². The fraction of sp³-hybridized carbons (Fsp3) is 0.269. The number of nitrogens with zero attached hydrogens (tertiary/aromatic N) is 4. The molecule has 1 aliphatic rings. The minimum atomic E-state index is 0.732. The molecule has 156 valence electrons. The predicted octanol–water partition coefficient (Wildman–Crippen LogP) is 5.10. The molecule has 0 amide bonds. The van der Waals surface area contributed by atoms with Gasteiger partial charge in [0, 0.05) is 38.2 Å². The van der Waals surface area contributed by atoms with Crippen molar-refractivity contribution < 1.29 is 0 Å². The fourth-order valence-corrected chi connectivity index (χ4v) is 4.44. The molecule has 4 aromatic rings. The number of fused-ring (bicyclic) bond motifs is 1. The van der Waals surface area contributed by atoms with Crippen LogP contribution in [0.15, 0.2) is 79.4 Å². The minimum absolute atomic E-state index is 0.732. The van der Waals surface area contributed by atoms with E-state index in [0.717, 1.165) is 42.3 Å². The van der Waals surface area contributed by atoms with Gasteiger partial charge in [0.2, 0.25) is 0 Å². The molecule has 5 heteroatoms. The number of hydrogen-bond donors (Lipinski definition) is 1. The van der Waals surface area contributed by atoms with Crippen LogP contribution < -0.4 is 10.2 Å². The summed E-state index contributed by atoms with van der Waals surface area (Å²) in [6.07, 6.45) is 10.9. The molecular formula is C26H27N5. The Morgan fingerprint density at radius 1 is 0.839 bits per heavy atom. The van der Waals surface area contributed by atoms with Gasteiger partial charge in [-0.3, -0.25) is 15.0 Å². The Kier molecular flexibility index (Phi) is 5.74. The number of pyridine rings is 1. The minimum Gasteiger partial charge on any atom is -0.378 e. The van der Waals surface area contributed by atoms with Crippen molar-refractivity contribution in [2.45, 2.75) is 25.8 Å². The Balaban J connectivity index is 1.23. The third-order valence-corrected chi connectivity index (χ3v) is 6.14. The number of benzene rings is 2. The molecule has 1 N–H and O–H groups in total. The summed E-state index contributed by atoms with van der Waals surface area (Å²) in [5.41, 5.74) is 6.81. The quantitative estimate of drug-likeness (QED) is 0.480. The smallest absolute Gasteiger partial charge is 0.0890 e. The standard InChI is InChI=1S/C26H27N5/c1-2-4-20(5-3-1)16-21-9-14-31(15-10-21)26-8-11-27-19-25(26)30-18-22-6-7-23-24(17-22)29-13-12-28-23/h1-8,11-13,17,19,21,30H,9-10,14-16,18H2.